The van der Waals surface area contributed by atoms with Crippen LogP contribution in [-0.2, 0) is 5.60 Å². The number of hydrogen-bond acceptors (Lipinski definition) is 7. The van der Waals surface area contributed by atoms with E-state index in [9.17, 15) is 15.0 Å². The number of pyridine rings is 3. The van der Waals surface area contributed by atoms with Gasteiger partial charge in [0.1, 0.15) is 11.6 Å². The molecule has 1 saturated heterocycles. The van der Waals surface area contributed by atoms with Crippen molar-refractivity contribution in [2.45, 2.75) is 38.4 Å². The van der Waals surface area contributed by atoms with Crippen molar-refractivity contribution in [2.75, 3.05) is 23.3 Å². The molecule has 8 nitrogen and oxygen atoms in total. The Balaban J connectivity index is 1.51. The number of nitrogens with zero attached hydrogens (tertiary/aromatic N) is 3. The molecule has 0 aliphatic carbocycles. The number of aromatic amines is 1. The molecule has 0 atom stereocenters. The van der Waals surface area contributed by atoms with Crippen molar-refractivity contribution in [1.29, 1.82) is 0 Å². The molecule has 36 heavy (non-hydrogen) atoms. The predicted molar refractivity (Wildman–Crippen MR) is 138 cm³/mol. The van der Waals surface area contributed by atoms with Crippen molar-refractivity contribution in [2.24, 2.45) is 0 Å². The van der Waals surface area contributed by atoms with Crippen LogP contribution in [-0.4, -0.2) is 44.4 Å². The average Bonchev–Trinajstić information content (AvgIpc) is 2.84. The summed E-state index contributed by atoms with van der Waals surface area (Å²) in [7, 11) is 0. The Labute approximate surface area is 207 Å². The van der Waals surface area contributed by atoms with Crippen LogP contribution in [0.25, 0.3) is 22.2 Å². The molecule has 3 aromatic heterocycles. The second-order valence-corrected chi connectivity index (χ2v) is 9.62. The lowest BCUT2D eigenvalue weighted by atomic mass is 9.96. The monoisotopic (exact) mass is 489 g/mol. The van der Waals surface area contributed by atoms with Crippen LogP contribution in [0.3, 0.4) is 0 Å². The average molecular weight is 490 g/mol. The SMILES string of the molecule is CC(C)(O)c1ccc(-c2cc(Nc3ccc(N4CCC(O)CC4)cn3)c3c(=O)[nH]ccc3n2)c(F)c1. The van der Waals surface area contributed by atoms with Gasteiger partial charge in [0.15, 0.2) is 0 Å². The molecule has 1 aromatic carbocycles. The van der Waals surface area contributed by atoms with E-state index < -0.39 is 11.4 Å². The first-order valence-corrected chi connectivity index (χ1v) is 11.9. The van der Waals surface area contributed by atoms with Crippen LogP contribution >= 0.6 is 0 Å². The first kappa shape index (κ1) is 23.9. The molecule has 4 N–H and O–H groups in total. The predicted octanol–water partition coefficient (Wildman–Crippen LogP) is 4.06. The molecule has 5 rings (SSSR count). The van der Waals surface area contributed by atoms with Crippen LogP contribution in [0.1, 0.15) is 32.3 Å². The van der Waals surface area contributed by atoms with E-state index in [0.717, 1.165) is 31.6 Å². The number of fused-ring (bicyclic) bond motifs is 1. The lowest BCUT2D eigenvalue weighted by molar-refractivity contribution is 0.0782. The summed E-state index contributed by atoms with van der Waals surface area (Å²) in [5.41, 5.74) is 1.36. The highest BCUT2D eigenvalue weighted by atomic mass is 19.1. The van der Waals surface area contributed by atoms with Gasteiger partial charge in [-0.05, 0) is 68.7 Å². The van der Waals surface area contributed by atoms with Crippen molar-refractivity contribution in [3.63, 3.8) is 0 Å². The third-order valence-corrected chi connectivity index (χ3v) is 6.52. The zero-order valence-electron chi connectivity index (χ0n) is 20.1. The minimum Gasteiger partial charge on any atom is -0.393 e. The second-order valence-electron chi connectivity index (χ2n) is 9.62. The lowest BCUT2D eigenvalue weighted by Gasteiger charge is -2.31. The number of anilines is 3. The van der Waals surface area contributed by atoms with E-state index in [4.69, 9.17) is 0 Å². The molecule has 9 heteroatoms. The number of benzene rings is 1. The number of aliphatic hydroxyl groups is 2. The van der Waals surface area contributed by atoms with Gasteiger partial charge >= 0.3 is 0 Å². The number of halogens is 1. The van der Waals surface area contributed by atoms with Gasteiger partial charge in [-0.3, -0.25) is 4.79 Å². The van der Waals surface area contributed by atoms with Gasteiger partial charge < -0.3 is 25.4 Å². The van der Waals surface area contributed by atoms with Crippen LogP contribution in [0.5, 0.6) is 0 Å². The summed E-state index contributed by atoms with van der Waals surface area (Å²) < 4.78 is 15.1. The summed E-state index contributed by atoms with van der Waals surface area (Å²) in [4.78, 5) is 26.5. The third-order valence-electron chi connectivity index (χ3n) is 6.52. The molecule has 0 saturated carbocycles. The molecule has 4 heterocycles. The number of nitrogens with one attached hydrogen (secondary N) is 2. The summed E-state index contributed by atoms with van der Waals surface area (Å²) in [5.74, 6) is 0.00161. The molecule has 1 fully saturated rings. The van der Waals surface area contributed by atoms with Gasteiger partial charge in [0.2, 0.25) is 0 Å². The van der Waals surface area contributed by atoms with Gasteiger partial charge in [-0.15, -0.1) is 0 Å². The number of aliphatic hydroxyl groups excluding tert-OH is 1. The van der Waals surface area contributed by atoms with Crippen molar-refractivity contribution in [1.82, 2.24) is 15.0 Å². The highest BCUT2D eigenvalue weighted by Crippen LogP contribution is 2.32. The van der Waals surface area contributed by atoms with Gasteiger partial charge in [-0.1, -0.05) is 6.07 Å². The smallest absolute Gasteiger partial charge is 0.259 e. The van der Waals surface area contributed by atoms with Gasteiger partial charge in [0.25, 0.3) is 5.56 Å². The van der Waals surface area contributed by atoms with Crippen LogP contribution in [0.15, 0.2) is 59.7 Å². The Morgan fingerprint density at radius 3 is 2.58 bits per heavy atom. The largest absolute Gasteiger partial charge is 0.393 e. The Kier molecular flexibility index (Phi) is 6.19. The van der Waals surface area contributed by atoms with Crippen LogP contribution in [0.2, 0.25) is 0 Å². The quantitative estimate of drug-likeness (QED) is 0.334. The standard InChI is InChI=1S/C27H28FN5O3/c1-27(2,36)16-3-5-19(20(28)13-16)22-14-23(25-21(31-22)7-10-29-26(25)35)32-24-6-4-17(15-30-24)33-11-8-18(34)9-12-33/h3-7,10,13-15,18,34,36H,8-9,11-12H2,1-2H3,(H,29,35)(H,30,31,32). The zero-order chi connectivity index (χ0) is 25.4. The summed E-state index contributed by atoms with van der Waals surface area (Å²) in [6.07, 6.45) is 4.45. The number of piperidine rings is 1. The van der Waals surface area contributed by atoms with Crippen LogP contribution in [0.4, 0.5) is 21.6 Å². The fraction of sp³-hybridized carbons (Fsp3) is 0.296. The van der Waals surface area contributed by atoms with Gasteiger partial charge in [-0.25, -0.2) is 14.4 Å². The molecular weight excluding hydrogens is 461 g/mol. The van der Waals surface area contributed by atoms with E-state index >= 15 is 4.39 Å². The highest BCUT2D eigenvalue weighted by Gasteiger charge is 2.20. The maximum atomic E-state index is 15.1. The maximum Gasteiger partial charge on any atom is 0.259 e. The number of hydrogen-bond donors (Lipinski definition) is 4. The van der Waals surface area contributed by atoms with Gasteiger partial charge in [0, 0.05) is 24.8 Å². The molecular formula is C27H28FN5O3. The molecule has 4 aromatic rings. The summed E-state index contributed by atoms with van der Waals surface area (Å²) in [6, 6.07) is 11.6. The first-order valence-electron chi connectivity index (χ1n) is 11.9. The Hall–Kier alpha value is -3.82. The van der Waals surface area contributed by atoms with E-state index in [1.165, 1.54) is 12.3 Å². The van der Waals surface area contributed by atoms with Crippen molar-refractivity contribution >= 4 is 28.1 Å². The van der Waals surface area contributed by atoms with Crippen molar-refractivity contribution < 1.29 is 14.6 Å². The minimum atomic E-state index is -1.18. The second kappa shape index (κ2) is 9.33. The summed E-state index contributed by atoms with van der Waals surface area (Å²) >= 11 is 0. The number of rotatable bonds is 5. The first-order chi connectivity index (χ1) is 17.2. The molecule has 0 unspecified atom stereocenters. The zero-order valence-corrected chi connectivity index (χ0v) is 20.1. The number of H-pyrrole nitrogens is 1. The van der Waals surface area contributed by atoms with E-state index in [0.29, 0.717) is 33.7 Å². The minimum absolute atomic E-state index is 0.251. The Morgan fingerprint density at radius 1 is 1.14 bits per heavy atom. The Bertz CT molecular complexity index is 1460. The molecule has 0 radical (unpaired) electrons. The Morgan fingerprint density at radius 2 is 1.92 bits per heavy atom. The normalized spacial score (nSPS) is 14.9. The van der Waals surface area contributed by atoms with Crippen LogP contribution < -0.4 is 15.8 Å². The topological polar surface area (TPSA) is 114 Å². The molecule has 186 valence electrons. The van der Waals surface area contributed by atoms with Crippen molar-refractivity contribution in [3.05, 3.63) is 76.6 Å². The summed E-state index contributed by atoms with van der Waals surface area (Å²) in [5, 5.41) is 23.5. The third kappa shape index (κ3) is 4.80. The van der Waals surface area contributed by atoms with Gasteiger partial charge in [-0.2, -0.15) is 0 Å². The van der Waals surface area contributed by atoms with Gasteiger partial charge in [0.05, 0.1) is 45.9 Å². The number of aromatic nitrogens is 3. The van der Waals surface area contributed by atoms with E-state index in [-0.39, 0.29) is 17.2 Å². The molecule has 0 bridgehead atoms. The van der Waals surface area contributed by atoms with E-state index in [1.807, 2.05) is 12.1 Å². The van der Waals surface area contributed by atoms with E-state index in [2.05, 4.69) is 25.2 Å². The molecule has 1 aliphatic heterocycles. The fourth-order valence-electron chi connectivity index (χ4n) is 4.44. The summed E-state index contributed by atoms with van der Waals surface area (Å²) in [6.45, 7) is 4.72. The fourth-order valence-corrected chi connectivity index (χ4v) is 4.44. The molecule has 1 aliphatic rings. The van der Waals surface area contributed by atoms with Crippen molar-refractivity contribution in [3.8, 4) is 11.3 Å². The molecule has 0 amide bonds. The molecule has 0 spiro atoms. The lowest BCUT2D eigenvalue weighted by Crippen LogP contribution is -2.35. The van der Waals surface area contributed by atoms with E-state index in [1.54, 1.807) is 44.3 Å². The maximum absolute atomic E-state index is 15.1. The highest BCUT2D eigenvalue weighted by molar-refractivity contribution is 5.94. The van der Waals surface area contributed by atoms with Crippen LogP contribution in [0, 0.1) is 5.82 Å².